The third kappa shape index (κ3) is 2.21. The van der Waals surface area contributed by atoms with Crippen LogP contribution in [-0.2, 0) is 4.79 Å². The topological polar surface area (TPSA) is 57.6 Å². The van der Waals surface area contributed by atoms with Gasteiger partial charge in [0.25, 0.3) is 5.91 Å². The van der Waals surface area contributed by atoms with Gasteiger partial charge in [0.05, 0.1) is 10.8 Å². The molecule has 98 valence electrons. The molecular weight excluding hydrogens is 282 g/mol. The van der Waals surface area contributed by atoms with Crippen LogP contribution in [0.5, 0.6) is 0 Å². The van der Waals surface area contributed by atoms with Crippen molar-refractivity contribution in [2.24, 2.45) is 0 Å². The van der Waals surface area contributed by atoms with Crippen molar-refractivity contribution in [3.8, 4) is 0 Å². The van der Waals surface area contributed by atoms with Crippen LogP contribution in [0, 0.1) is 0 Å². The van der Waals surface area contributed by atoms with Gasteiger partial charge in [0.1, 0.15) is 6.04 Å². The minimum Gasteiger partial charge on any atom is -0.480 e. The highest BCUT2D eigenvalue weighted by Gasteiger charge is 2.35. The number of fused-ring (bicyclic) bond motifs is 1. The second-order valence-electron chi connectivity index (χ2n) is 4.28. The van der Waals surface area contributed by atoms with E-state index in [1.165, 1.54) is 28.0 Å². The first-order valence-corrected chi connectivity index (χ1v) is 7.74. The Morgan fingerprint density at radius 3 is 2.84 bits per heavy atom. The molecule has 0 bridgehead atoms. The first-order valence-electron chi connectivity index (χ1n) is 5.77. The second kappa shape index (κ2) is 4.86. The molecule has 4 nitrogen and oxygen atoms in total. The quantitative estimate of drug-likeness (QED) is 0.924. The highest BCUT2D eigenvalue weighted by atomic mass is 32.2. The van der Waals surface area contributed by atoms with E-state index in [1.807, 2.05) is 30.3 Å². The average Bonchev–Trinajstić information content (AvgIpc) is 3.04. The Bertz CT molecular complexity index is 619. The van der Waals surface area contributed by atoms with Crippen LogP contribution < -0.4 is 0 Å². The number of carbonyl (C=O) groups is 2. The van der Waals surface area contributed by atoms with Crippen molar-refractivity contribution in [3.63, 3.8) is 0 Å². The van der Waals surface area contributed by atoms with Gasteiger partial charge in [-0.1, -0.05) is 18.2 Å². The average molecular weight is 293 g/mol. The molecule has 1 amide bonds. The number of carboxylic acids is 1. The van der Waals surface area contributed by atoms with Crippen molar-refractivity contribution in [3.05, 3.63) is 35.2 Å². The molecule has 1 atom stereocenters. The van der Waals surface area contributed by atoms with Crippen molar-refractivity contribution < 1.29 is 14.7 Å². The van der Waals surface area contributed by atoms with Gasteiger partial charge in [0.2, 0.25) is 0 Å². The lowest BCUT2D eigenvalue weighted by molar-refractivity contribution is -0.140. The van der Waals surface area contributed by atoms with Gasteiger partial charge in [0, 0.05) is 10.5 Å². The predicted octanol–water partition coefficient (Wildman–Crippen LogP) is 2.50. The number of hydrogen-bond acceptors (Lipinski definition) is 4. The molecule has 0 saturated carbocycles. The molecule has 1 aliphatic rings. The third-order valence-corrected chi connectivity index (χ3v) is 5.18. The third-order valence-electron chi connectivity index (χ3n) is 3.06. The van der Waals surface area contributed by atoms with Crippen LogP contribution >= 0.6 is 23.1 Å². The van der Waals surface area contributed by atoms with Crippen LogP contribution in [0.25, 0.3) is 10.1 Å². The fraction of sp³-hybridized carbons (Fsp3) is 0.231. The van der Waals surface area contributed by atoms with E-state index in [4.69, 9.17) is 5.11 Å². The molecule has 0 aliphatic carbocycles. The van der Waals surface area contributed by atoms with Crippen LogP contribution in [0.15, 0.2) is 30.3 Å². The Kier molecular flexibility index (Phi) is 3.20. The number of rotatable bonds is 2. The van der Waals surface area contributed by atoms with Crippen LogP contribution in [0.3, 0.4) is 0 Å². The standard InChI is InChI=1S/C13H11NO3S2/c15-12(14-7-18-6-9(14)13(16)17)11-5-8-3-1-2-4-10(8)19-11/h1-5,9H,6-7H2,(H,16,17)/t9-/m0/s1. The zero-order chi connectivity index (χ0) is 13.4. The molecule has 1 aromatic carbocycles. The molecule has 0 unspecified atom stereocenters. The predicted molar refractivity (Wildman–Crippen MR) is 76.7 cm³/mol. The Morgan fingerprint density at radius 2 is 2.11 bits per heavy atom. The van der Waals surface area contributed by atoms with E-state index in [9.17, 15) is 9.59 Å². The van der Waals surface area contributed by atoms with Crippen LogP contribution in [0.2, 0.25) is 0 Å². The summed E-state index contributed by atoms with van der Waals surface area (Å²) < 4.78 is 1.05. The molecule has 0 spiro atoms. The second-order valence-corrected chi connectivity index (χ2v) is 6.36. The highest BCUT2D eigenvalue weighted by molar-refractivity contribution is 7.99. The van der Waals surface area contributed by atoms with E-state index in [0.29, 0.717) is 16.5 Å². The minimum atomic E-state index is -0.931. The molecule has 1 saturated heterocycles. The molecule has 1 aromatic heterocycles. The van der Waals surface area contributed by atoms with Crippen molar-refractivity contribution in [2.45, 2.75) is 6.04 Å². The minimum absolute atomic E-state index is 0.182. The molecule has 3 rings (SSSR count). The lowest BCUT2D eigenvalue weighted by Gasteiger charge is -2.19. The number of carbonyl (C=O) groups excluding carboxylic acids is 1. The Labute approximate surface area is 118 Å². The van der Waals surface area contributed by atoms with E-state index in [2.05, 4.69) is 0 Å². The van der Waals surface area contributed by atoms with E-state index < -0.39 is 12.0 Å². The Hall–Kier alpha value is -1.53. The van der Waals surface area contributed by atoms with Gasteiger partial charge in [-0.2, -0.15) is 0 Å². The van der Waals surface area contributed by atoms with Gasteiger partial charge < -0.3 is 10.0 Å². The maximum atomic E-state index is 12.4. The summed E-state index contributed by atoms with van der Waals surface area (Å²) in [7, 11) is 0. The lowest BCUT2D eigenvalue weighted by Crippen LogP contribution is -2.41. The fourth-order valence-electron chi connectivity index (χ4n) is 2.08. The number of thioether (sulfide) groups is 1. The SMILES string of the molecule is O=C(O)[C@@H]1CSCN1C(=O)c1cc2ccccc2s1. The highest BCUT2D eigenvalue weighted by Crippen LogP contribution is 2.29. The van der Waals surface area contributed by atoms with Crippen LogP contribution in [0.4, 0.5) is 0 Å². The molecule has 6 heteroatoms. The van der Waals surface area contributed by atoms with Crippen molar-refractivity contribution in [1.29, 1.82) is 0 Å². The summed E-state index contributed by atoms with van der Waals surface area (Å²) in [5.41, 5.74) is 0. The van der Waals surface area contributed by atoms with Gasteiger partial charge in [-0.3, -0.25) is 4.79 Å². The number of benzene rings is 1. The summed E-state index contributed by atoms with van der Waals surface area (Å²) in [6, 6.07) is 8.90. The summed E-state index contributed by atoms with van der Waals surface area (Å²) in [5, 5.41) is 10.1. The largest absolute Gasteiger partial charge is 0.480 e. The smallest absolute Gasteiger partial charge is 0.327 e. The summed E-state index contributed by atoms with van der Waals surface area (Å²) in [5.74, 6) is -0.200. The number of hydrogen-bond donors (Lipinski definition) is 1. The zero-order valence-corrected chi connectivity index (χ0v) is 11.5. The number of thiophene rings is 1. The summed E-state index contributed by atoms with van der Waals surface area (Å²) in [4.78, 5) is 25.6. The lowest BCUT2D eigenvalue weighted by atomic mass is 10.2. The van der Waals surface area contributed by atoms with E-state index in [-0.39, 0.29) is 5.91 Å². The van der Waals surface area contributed by atoms with Crippen molar-refractivity contribution in [1.82, 2.24) is 4.90 Å². The molecule has 19 heavy (non-hydrogen) atoms. The van der Waals surface area contributed by atoms with Gasteiger partial charge in [0.15, 0.2) is 0 Å². The van der Waals surface area contributed by atoms with E-state index in [0.717, 1.165) is 10.1 Å². The van der Waals surface area contributed by atoms with Gasteiger partial charge >= 0.3 is 5.97 Å². The van der Waals surface area contributed by atoms with Crippen LogP contribution in [-0.4, -0.2) is 39.6 Å². The van der Waals surface area contributed by atoms with Crippen molar-refractivity contribution >= 4 is 45.1 Å². The molecule has 2 aromatic rings. The fourth-order valence-corrected chi connectivity index (χ4v) is 4.24. The maximum Gasteiger partial charge on any atom is 0.327 e. The summed E-state index contributed by atoms with van der Waals surface area (Å²) >= 11 is 2.89. The first-order chi connectivity index (χ1) is 9.16. The van der Waals surface area contributed by atoms with Gasteiger partial charge in [-0.25, -0.2) is 4.79 Å². The van der Waals surface area contributed by atoms with Gasteiger partial charge in [-0.05, 0) is 17.5 Å². The molecule has 1 fully saturated rings. The number of carboxylic acid groups (broad SMARTS) is 1. The Balaban J connectivity index is 1.93. The van der Waals surface area contributed by atoms with E-state index in [1.54, 1.807) is 0 Å². The number of amides is 1. The molecular formula is C13H11NO3S2. The number of nitrogens with zero attached hydrogens (tertiary/aromatic N) is 1. The normalized spacial score (nSPS) is 18.9. The van der Waals surface area contributed by atoms with Gasteiger partial charge in [-0.15, -0.1) is 23.1 Å². The van der Waals surface area contributed by atoms with Crippen molar-refractivity contribution in [2.75, 3.05) is 11.6 Å². The molecule has 2 heterocycles. The monoisotopic (exact) mass is 293 g/mol. The molecule has 1 aliphatic heterocycles. The number of aliphatic carboxylic acids is 1. The summed E-state index contributed by atoms with van der Waals surface area (Å²) in [6.07, 6.45) is 0. The molecule has 1 N–H and O–H groups in total. The first kappa shape index (κ1) is 12.5. The van der Waals surface area contributed by atoms with E-state index >= 15 is 0 Å². The maximum absolute atomic E-state index is 12.4. The molecule has 0 radical (unpaired) electrons. The van der Waals surface area contributed by atoms with Crippen LogP contribution in [0.1, 0.15) is 9.67 Å². The summed E-state index contributed by atoms with van der Waals surface area (Å²) in [6.45, 7) is 0. The zero-order valence-electron chi connectivity index (χ0n) is 9.91. The Morgan fingerprint density at radius 1 is 1.32 bits per heavy atom.